The summed E-state index contributed by atoms with van der Waals surface area (Å²) in [6.07, 6.45) is 1.09. The Morgan fingerprint density at radius 3 is 2.20 bits per heavy atom. The second-order valence-electron chi connectivity index (χ2n) is 3.22. The number of halogens is 1. The van der Waals surface area contributed by atoms with Crippen LogP contribution >= 0.6 is 0 Å². The second kappa shape index (κ2) is 10.9. The fourth-order valence-corrected chi connectivity index (χ4v) is 0.624. The van der Waals surface area contributed by atoms with Gasteiger partial charge in [0.15, 0.2) is 0 Å². The maximum absolute atomic E-state index is 11.6. The van der Waals surface area contributed by atoms with Gasteiger partial charge in [0.2, 0.25) is 5.91 Å². The number of carbonyl (C=O) groups is 2. The summed E-state index contributed by atoms with van der Waals surface area (Å²) < 4.78 is 11.6. The number of carboxylic acids is 1. The van der Waals surface area contributed by atoms with E-state index < -0.39 is 12.6 Å². The Labute approximate surface area is 89.9 Å². The van der Waals surface area contributed by atoms with Crippen LogP contribution in [0.1, 0.15) is 33.1 Å². The number of alkyl halides is 1. The third kappa shape index (κ3) is 15.6. The lowest BCUT2D eigenvalue weighted by Crippen LogP contribution is -2.15. The maximum atomic E-state index is 11.6. The molecule has 0 saturated heterocycles. The van der Waals surface area contributed by atoms with Crippen molar-refractivity contribution in [1.82, 2.24) is 5.32 Å². The topological polar surface area (TPSA) is 66.4 Å². The molecule has 0 aromatic rings. The normalized spacial score (nSPS) is 10.9. The predicted octanol–water partition coefficient (Wildman–Crippen LogP) is 1.60. The van der Waals surface area contributed by atoms with Crippen LogP contribution < -0.4 is 5.32 Å². The molecule has 0 radical (unpaired) electrons. The zero-order valence-corrected chi connectivity index (χ0v) is 9.55. The molecule has 0 rings (SSSR count). The van der Waals surface area contributed by atoms with Crippen molar-refractivity contribution in [3.05, 3.63) is 0 Å². The zero-order valence-electron chi connectivity index (χ0n) is 9.55. The van der Waals surface area contributed by atoms with Gasteiger partial charge in [0.1, 0.15) is 0 Å². The fraction of sp³-hybridized carbons (Fsp3) is 0.800. The molecule has 1 atom stereocenters. The van der Waals surface area contributed by atoms with Gasteiger partial charge in [-0.2, -0.15) is 0 Å². The van der Waals surface area contributed by atoms with Crippen LogP contribution in [-0.4, -0.2) is 30.7 Å². The van der Waals surface area contributed by atoms with Crippen molar-refractivity contribution in [2.45, 2.75) is 33.1 Å². The molecule has 1 unspecified atom stereocenters. The van der Waals surface area contributed by atoms with Gasteiger partial charge in [-0.05, 0) is 12.3 Å². The standard InChI is InChI=1S/C6H11FO2.C4H9NO/c1-5(4-7)2-3-6(8)9;1-3-4(6)5-2/h5H,2-4H2,1H3,(H,8,9);3H2,1-2H3,(H,5,6). The lowest BCUT2D eigenvalue weighted by Gasteiger charge is -2.01. The van der Waals surface area contributed by atoms with Gasteiger partial charge in [-0.1, -0.05) is 13.8 Å². The minimum atomic E-state index is -0.852. The average molecular weight is 221 g/mol. The van der Waals surface area contributed by atoms with Crippen molar-refractivity contribution in [1.29, 1.82) is 0 Å². The molecular weight excluding hydrogens is 201 g/mol. The summed E-state index contributed by atoms with van der Waals surface area (Å²) in [7, 11) is 1.63. The van der Waals surface area contributed by atoms with Gasteiger partial charge in [0.05, 0.1) is 6.67 Å². The van der Waals surface area contributed by atoms with E-state index in [1.54, 1.807) is 14.0 Å². The first kappa shape index (κ1) is 16.3. The summed E-state index contributed by atoms with van der Waals surface area (Å²) in [4.78, 5) is 20.0. The molecule has 4 nitrogen and oxygen atoms in total. The number of amides is 1. The summed E-state index contributed by atoms with van der Waals surface area (Å²) in [5.74, 6) is -0.869. The van der Waals surface area contributed by atoms with Crippen LogP contribution in [0.15, 0.2) is 0 Å². The predicted molar refractivity (Wildman–Crippen MR) is 56.4 cm³/mol. The molecule has 0 heterocycles. The summed E-state index contributed by atoms with van der Waals surface area (Å²) in [6.45, 7) is 3.09. The number of carboxylic acid groups (broad SMARTS) is 1. The highest BCUT2D eigenvalue weighted by Crippen LogP contribution is 2.04. The van der Waals surface area contributed by atoms with Gasteiger partial charge in [-0.25, -0.2) is 0 Å². The van der Waals surface area contributed by atoms with Gasteiger partial charge < -0.3 is 10.4 Å². The molecule has 0 saturated carbocycles. The van der Waals surface area contributed by atoms with E-state index in [1.165, 1.54) is 0 Å². The molecule has 0 aromatic carbocycles. The van der Waals surface area contributed by atoms with Crippen LogP contribution in [0.25, 0.3) is 0 Å². The van der Waals surface area contributed by atoms with Gasteiger partial charge in [-0.15, -0.1) is 0 Å². The molecule has 2 N–H and O–H groups in total. The van der Waals surface area contributed by atoms with Crippen molar-refractivity contribution >= 4 is 11.9 Å². The van der Waals surface area contributed by atoms with Gasteiger partial charge in [0.25, 0.3) is 0 Å². The highest BCUT2D eigenvalue weighted by Gasteiger charge is 2.03. The van der Waals surface area contributed by atoms with Gasteiger partial charge >= 0.3 is 5.97 Å². The first-order valence-corrected chi connectivity index (χ1v) is 4.96. The molecule has 0 fully saturated rings. The molecule has 1 amide bonds. The van der Waals surface area contributed by atoms with Crippen molar-refractivity contribution in [2.75, 3.05) is 13.7 Å². The van der Waals surface area contributed by atoms with E-state index in [9.17, 15) is 14.0 Å². The molecule has 0 aliphatic rings. The van der Waals surface area contributed by atoms with Crippen LogP contribution in [0.3, 0.4) is 0 Å². The number of rotatable bonds is 5. The van der Waals surface area contributed by atoms with Crippen molar-refractivity contribution in [3.63, 3.8) is 0 Å². The summed E-state index contributed by atoms with van der Waals surface area (Å²) in [5, 5.41) is 10.6. The second-order valence-corrected chi connectivity index (χ2v) is 3.22. The van der Waals surface area contributed by atoms with Crippen LogP contribution in [0, 0.1) is 5.92 Å². The number of carbonyl (C=O) groups excluding carboxylic acids is 1. The lowest BCUT2D eigenvalue weighted by molar-refractivity contribution is -0.137. The Kier molecular flexibility index (Phi) is 11.9. The van der Waals surface area contributed by atoms with Crippen LogP contribution in [0.4, 0.5) is 4.39 Å². The minimum Gasteiger partial charge on any atom is -0.481 e. The average Bonchev–Trinajstić information content (AvgIpc) is 2.25. The smallest absolute Gasteiger partial charge is 0.303 e. The summed E-state index contributed by atoms with van der Waals surface area (Å²) in [6, 6.07) is 0. The first-order chi connectivity index (χ1) is 6.97. The van der Waals surface area contributed by atoms with Crippen LogP contribution in [0.2, 0.25) is 0 Å². The van der Waals surface area contributed by atoms with Crippen LogP contribution in [-0.2, 0) is 9.59 Å². The van der Waals surface area contributed by atoms with Crippen LogP contribution in [0.5, 0.6) is 0 Å². The Morgan fingerprint density at radius 1 is 1.47 bits per heavy atom. The quantitative estimate of drug-likeness (QED) is 0.741. The van der Waals surface area contributed by atoms with Crippen molar-refractivity contribution in [3.8, 4) is 0 Å². The third-order valence-corrected chi connectivity index (χ3v) is 1.71. The molecule has 0 aliphatic heterocycles. The number of nitrogens with one attached hydrogen (secondary N) is 1. The Bertz CT molecular complexity index is 180. The molecule has 90 valence electrons. The molecule has 0 aromatic heterocycles. The third-order valence-electron chi connectivity index (χ3n) is 1.71. The van der Waals surface area contributed by atoms with Gasteiger partial charge in [0, 0.05) is 19.9 Å². The molecule has 15 heavy (non-hydrogen) atoms. The highest BCUT2D eigenvalue weighted by atomic mass is 19.1. The lowest BCUT2D eigenvalue weighted by atomic mass is 10.1. The first-order valence-electron chi connectivity index (χ1n) is 4.96. The monoisotopic (exact) mass is 221 g/mol. The van der Waals surface area contributed by atoms with E-state index in [4.69, 9.17) is 5.11 Å². The molecule has 0 spiro atoms. The zero-order chi connectivity index (χ0) is 12.3. The SMILES string of the molecule is CC(CF)CCC(=O)O.CCC(=O)NC. The minimum absolute atomic E-state index is 0.0745. The largest absolute Gasteiger partial charge is 0.481 e. The summed E-state index contributed by atoms with van der Waals surface area (Å²) in [5.41, 5.74) is 0. The molecule has 5 heteroatoms. The number of hydrogen-bond acceptors (Lipinski definition) is 2. The number of hydrogen-bond donors (Lipinski definition) is 2. The van der Waals surface area contributed by atoms with E-state index in [0.717, 1.165) is 0 Å². The molecule has 0 bridgehead atoms. The van der Waals surface area contributed by atoms with E-state index in [2.05, 4.69) is 5.32 Å². The van der Waals surface area contributed by atoms with E-state index in [0.29, 0.717) is 12.8 Å². The number of aliphatic carboxylic acids is 1. The summed E-state index contributed by atoms with van der Waals surface area (Å²) >= 11 is 0. The fourth-order valence-electron chi connectivity index (χ4n) is 0.624. The Balaban J connectivity index is 0. The van der Waals surface area contributed by atoms with E-state index in [-0.39, 0.29) is 18.2 Å². The molecular formula is C10H20FNO3. The Morgan fingerprint density at radius 2 is 2.00 bits per heavy atom. The Hall–Kier alpha value is -1.13. The molecule has 0 aliphatic carbocycles. The maximum Gasteiger partial charge on any atom is 0.303 e. The highest BCUT2D eigenvalue weighted by molar-refractivity contribution is 5.74. The van der Waals surface area contributed by atoms with E-state index in [1.807, 2.05) is 6.92 Å². The van der Waals surface area contributed by atoms with Gasteiger partial charge in [-0.3, -0.25) is 14.0 Å². The van der Waals surface area contributed by atoms with E-state index >= 15 is 0 Å². The van der Waals surface area contributed by atoms with Crippen molar-refractivity contribution in [2.24, 2.45) is 5.92 Å². The van der Waals surface area contributed by atoms with Crippen molar-refractivity contribution < 1.29 is 19.1 Å².